The average molecular weight is 464 g/mol. The average Bonchev–Trinajstić information content (AvgIpc) is 2.83. The number of carbonyl (C=O) groups is 3. The van der Waals surface area contributed by atoms with Gasteiger partial charge in [0.2, 0.25) is 9.84 Å². The van der Waals surface area contributed by atoms with Crippen molar-refractivity contribution in [1.82, 2.24) is 0 Å². The van der Waals surface area contributed by atoms with Gasteiger partial charge < -0.3 is 10.1 Å². The van der Waals surface area contributed by atoms with Crippen molar-refractivity contribution in [3.63, 3.8) is 0 Å². The number of sulfone groups is 1. The molecular weight excluding hydrogens is 442 g/mol. The predicted molar refractivity (Wildman–Crippen MR) is 121 cm³/mol. The minimum absolute atomic E-state index is 0.0381. The van der Waals surface area contributed by atoms with E-state index in [0.29, 0.717) is 17.9 Å². The van der Waals surface area contributed by atoms with Crippen LogP contribution in [0.4, 0.5) is 5.69 Å². The fraction of sp³-hybridized carbons (Fsp3) is 0.160. The van der Waals surface area contributed by atoms with Gasteiger partial charge in [-0.1, -0.05) is 25.5 Å². The topological polar surface area (TPSA) is 107 Å². The summed E-state index contributed by atoms with van der Waals surface area (Å²) in [5, 5.41) is 2.67. The first kappa shape index (κ1) is 22.4. The zero-order valence-electron chi connectivity index (χ0n) is 17.8. The third-order valence-corrected chi connectivity index (χ3v) is 7.16. The molecule has 1 heterocycles. The maximum absolute atomic E-state index is 13.0. The van der Waals surface area contributed by atoms with Crippen LogP contribution in [0.1, 0.15) is 56.4 Å². The summed E-state index contributed by atoms with van der Waals surface area (Å²) in [6, 6.07) is 16.2. The summed E-state index contributed by atoms with van der Waals surface area (Å²) >= 11 is 0. The van der Waals surface area contributed by atoms with E-state index < -0.39 is 27.5 Å². The van der Waals surface area contributed by atoms with Crippen molar-refractivity contribution in [2.75, 3.05) is 11.9 Å². The molecule has 1 aliphatic heterocycles. The fourth-order valence-corrected chi connectivity index (χ4v) is 5.19. The van der Waals surface area contributed by atoms with E-state index in [1.165, 1.54) is 42.5 Å². The van der Waals surface area contributed by atoms with Gasteiger partial charge in [0, 0.05) is 22.4 Å². The second-order valence-electron chi connectivity index (χ2n) is 7.56. The van der Waals surface area contributed by atoms with Gasteiger partial charge in [-0.2, -0.15) is 0 Å². The Labute approximate surface area is 191 Å². The van der Waals surface area contributed by atoms with Crippen LogP contribution in [0.3, 0.4) is 0 Å². The number of ketones is 1. The first-order chi connectivity index (χ1) is 15.8. The van der Waals surface area contributed by atoms with Gasteiger partial charge in [-0.05, 0) is 61.0 Å². The molecule has 1 amide bonds. The molecule has 4 rings (SSSR count). The standard InChI is InChI=1S/C25H21NO6S/c1-2-3-14-32-25(29)16-8-11-18(12-9-16)26-24(28)17-10-13-20-22(15-17)33(30,31)21-7-5-4-6-19(21)23(20)27/h4-13,15H,2-3,14H2,1H3,(H,26,28). The maximum Gasteiger partial charge on any atom is 0.338 e. The van der Waals surface area contributed by atoms with Crippen LogP contribution in [0, 0.1) is 0 Å². The zero-order chi connectivity index (χ0) is 23.6. The van der Waals surface area contributed by atoms with E-state index in [0.717, 1.165) is 12.8 Å². The molecule has 8 heteroatoms. The smallest absolute Gasteiger partial charge is 0.338 e. The molecule has 0 spiro atoms. The van der Waals surface area contributed by atoms with E-state index in [-0.39, 0.29) is 26.5 Å². The number of ether oxygens (including phenoxy) is 1. The number of hydrogen-bond acceptors (Lipinski definition) is 6. The summed E-state index contributed by atoms with van der Waals surface area (Å²) in [6.07, 6.45) is 1.70. The van der Waals surface area contributed by atoms with Crippen molar-refractivity contribution in [1.29, 1.82) is 0 Å². The van der Waals surface area contributed by atoms with Crippen LogP contribution in [0.2, 0.25) is 0 Å². The molecule has 33 heavy (non-hydrogen) atoms. The summed E-state index contributed by atoms with van der Waals surface area (Å²) in [6.45, 7) is 2.35. The molecule has 0 atom stereocenters. The van der Waals surface area contributed by atoms with Crippen molar-refractivity contribution >= 4 is 33.2 Å². The minimum atomic E-state index is -3.94. The Morgan fingerprint density at radius 3 is 2.27 bits per heavy atom. The number of carbonyl (C=O) groups excluding carboxylic acids is 3. The Bertz CT molecular complexity index is 1360. The molecular formula is C25H21NO6S. The number of amides is 1. The van der Waals surface area contributed by atoms with Crippen molar-refractivity contribution < 1.29 is 27.5 Å². The lowest BCUT2D eigenvalue weighted by Gasteiger charge is -2.19. The summed E-state index contributed by atoms with van der Waals surface area (Å²) in [5.74, 6) is -1.38. The summed E-state index contributed by atoms with van der Waals surface area (Å²) in [7, 11) is -3.94. The zero-order valence-corrected chi connectivity index (χ0v) is 18.6. The molecule has 7 nitrogen and oxygen atoms in total. The first-order valence-electron chi connectivity index (χ1n) is 10.4. The molecule has 1 N–H and O–H groups in total. The molecule has 0 aromatic heterocycles. The number of esters is 1. The van der Waals surface area contributed by atoms with Crippen molar-refractivity contribution in [3.8, 4) is 0 Å². The Kier molecular flexibility index (Phi) is 6.11. The van der Waals surface area contributed by atoms with E-state index in [4.69, 9.17) is 4.74 Å². The molecule has 0 aliphatic carbocycles. The Morgan fingerprint density at radius 1 is 0.879 bits per heavy atom. The second-order valence-corrected chi connectivity index (χ2v) is 9.45. The highest BCUT2D eigenvalue weighted by atomic mass is 32.2. The third kappa shape index (κ3) is 4.29. The number of rotatable bonds is 6. The highest BCUT2D eigenvalue weighted by molar-refractivity contribution is 7.91. The normalized spacial score (nSPS) is 13.5. The monoisotopic (exact) mass is 463 g/mol. The van der Waals surface area contributed by atoms with E-state index in [9.17, 15) is 22.8 Å². The number of benzene rings is 3. The maximum atomic E-state index is 13.0. The van der Waals surface area contributed by atoms with Crippen molar-refractivity contribution in [2.45, 2.75) is 29.6 Å². The Balaban J connectivity index is 1.54. The molecule has 0 saturated carbocycles. The van der Waals surface area contributed by atoms with Crippen LogP contribution in [0.15, 0.2) is 76.5 Å². The minimum Gasteiger partial charge on any atom is -0.462 e. The molecule has 168 valence electrons. The molecule has 0 saturated heterocycles. The number of anilines is 1. The molecule has 3 aromatic carbocycles. The van der Waals surface area contributed by atoms with Crippen molar-refractivity contribution in [2.24, 2.45) is 0 Å². The highest BCUT2D eigenvalue weighted by Gasteiger charge is 2.35. The summed E-state index contributed by atoms with van der Waals surface area (Å²) in [4.78, 5) is 37.2. The van der Waals surface area contributed by atoms with Crippen LogP contribution in [-0.2, 0) is 14.6 Å². The molecule has 0 fully saturated rings. The quantitative estimate of drug-likeness (QED) is 0.338. The number of unbranched alkanes of at least 4 members (excludes halogenated alkanes) is 1. The largest absolute Gasteiger partial charge is 0.462 e. The predicted octanol–water partition coefficient (Wildman–Crippen LogP) is 4.27. The van der Waals surface area contributed by atoms with Gasteiger partial charge in [0.05, 0.1) is 22.0 Å². The Hall–Kier alpha value is -3.78. The lowest BCUT2D eigenvalue weighted by molar-refractivity contribution is 0.0499. The molecule has 0 bridgehead atoms. The van der Waals surface area contributed by atoms with Gasteiger partial charge in [-0.3, -0.25) is 9.59 Å². The SMILES string of the molecule is CCCCOC(=O)c1ccc(NC(=O)c2ccc3c(c2)S(=O)(=O)c2ccccc2C3=O)cc1. The molecule has 0 radical (unpaired) electrons. The van der Waals surface area contributed by atoms with E-state index in [2.05, 4.69) is 5.32 Å². The Morgan fingerprint density at radius 2 is 1.55 bits per heavy atom. The number of nitrogens with one attached hydrogen (secondary N) is 1. The van der Waals surface area contributed by atoms with Gasteiger partial charge in [0.25, 0.3) is 5.91 Å². The molecule has 1 aliphatic rings. The van der Waals surface area contributed by atoms with Crippen LogP contribution in [0.25, 0.3) is 0 Å². The van der Waals surface area contributed by atoms with E-state index in [1.54, 1.807) is 24.3 Å². The lowest BCUT2D eigenvalue weighted by Crippen LogP contribution is -2.21. The number of hydrogen-bond donors (Lipinski definition) is 1. The van der Waals surface area contributed by atoms with Gasteiger partial charge >= 0.3 is 5.97 Å². The van der Waals surface area contributed by atoms with Gasteiger partial charge in [-0.25, -0.2) is 13.2 Å². The molecule has 0 unspecified atom stereocenters. The van der Waals surface area contributed by atoms with Gasteiger partial charge in [-0.15, -0.1) is 0 Å². The van der Waals surface area contributed by atoms with Gasteiger partial charge in [0.1, 0.15) is 0 Å². The highest BCUT2D eigenvalue weighted by Crippen LogP contribution is 2.34. The first-order valence-corrected chi connectivity index (χ1v) is 11.9. The van der Waals surface area contributed by atoms with Gasteiger partial charge in [0.15, 0.2) is 5.78 Å². The summed E-state index contributed by atoms with van der Waals surface area (Å²) < 4.78 is 31.2. The summed E-state index contributed by atoms with van der Waals surface area (Å²) in [5.41, 5.74) is 1.03. The number of fused-ring (bicyclic) bond motifs is 2. The second kappa shape index (κ2) is 8.99. The van der Waals surface area contributed by atoms with Crippen LogP contribution < -0.4 is 5.32 Å². The third-order valence-electron chi connectivity index (χ3n) is 5.31. The molecule has 3 aromatic rings. The van der Waals surface area contributed by atoms with Crippen LogP contribution in [-0.4, -0.2) is 32.7 Å². The fourth-order valence-electron chi connectivity index (χ4n) is 3.51. The van der Waals surface area contributed by atoms with Crippen LogP contribution in [0.5, 0.6) is 0 Å². The lowest BCUT2D eigenvalue weighted by atomic mass is 10.0. The van der Waals surface area contributed by atoms with Crippen molar-refractivity contribution in [3.05, 3.63) is 89.0 Å². The van der Waals surface area contributed by atoms with Crippen LogP contribution >= 0.6 is 0 Å². The van der Waals surface area contributed by atoms with E-state index in [1.807, 2.05) is 6.92 Å². The van der Waals surface area contributed by atoms with E-state index >= 15 is 0 Å².